The molecular weight excluding hydrogens is 296 g/mol. The summed E-state index contributed by atoms with van der Waals surface area (Å²) in [5.41, 5.74) is 1.63. The monoisotopic (exact) mass is 310 g/mol. The highest BCUT2D eigenvalue weighted by molar-refractivity contribution is 8.00. The second-order valence-corrected chi connectivity index (χ2v) is 6.48. The molecule has 0 unspecified atom stereocenters. The lowest BCUT2D eigenvalue weighted by atomic mass is 10.1. The number of aromatic nitrogens is 1. The van der Waals surface area contributed by atoms with Crippen LogP contribution in [0.25, 0.3) is 11.1 Å². The molecule has 0 aliphatic carbocycles. The number of amides is 1. The summed E-state index contributed by atoms with van der Waals surface area (Å²) < 4.78 is 5.10. The van der Waals surface area contributed by atoms with Crippen LogP contribution >= 0.6 is 23.4 Å². The normalized spacial score (nSPS) is 10.8. The van der Waals surface area contributed by atoms with Crippen molar-refractivity contribution in [3.05, 3.63) is 35.5 Å². The summed E-state index contributed by atoms with van der Waals surface area (Å²) >= 11 is 7.43. The van der Waals surface area contributed by atoms with Gasteiger partial charge in [0.15, 0.2) is 0 Å². The molecule has 4 nitrogen and oxygen atoms in total. The summed E-state index contributed by atoms with van der Waals surface area (Å²) in [5, 5.41) is 7.54. The Kier molecular flexibility index (Phi) is 5.09. The number of carbonyl (C=O) groups is 1. The van der Waals surface area contributed by atoms with Gasteiger partial charge in [0.25, 0.3) is 0 Å². The zero-order valence-electron chi connectivity index (χ0n) is 11.2. The predicted molar refractivity (Wildman–Crippen MR) is 83.2 cm³/mol. The van der Waals surface area contributed by atoms with Crippen LogP contribution < -0.4 is 5.32 Å². The van der Waals surface area contributed by atoms with Crippen molar-refractivity contribution in [2.75, 3.05) is 11.1 Å². The largest absolute Gasteiger partial charge is 0.338 e. The van der Waals surface area contributed by atoms with E-state index in [0.717, 1.165) is 11.1 Å². The van der Waals surface area contributed by atoms with E-state index in [4.69, 9.17) is 16.1 Å². The minimum absolute atomic E-state index is 0.101. The van der Waals surface area contributed by atoms with Gasteiger partial charge in [0.2, 0.25) is 11.8 Å². The maximum Gasteiger partial charge on any atom is 0.239 e. The van der Waals surface area contributed by atoms with Crippen LogP contribution in [0.3, 0.4) is 0 Å². The van der Waals surface area contributed by atoms with Crippen molar-refractivity contribution in [3.8, 4) is 11.1 Å². The molecule has 0 radical (unpaired) electrons. The fraction of sp³-hybridized carbons (Fsp3) is 0.286. The molecule has 0 atom stereocenters. The first-order valence-corrected chi connectivity index (χ1v) is 7.61. The molecule has 1 amide bonds. The maximum atomic E-state index is 11.8. The van der Waals surface area contributed by atoms with Crippen molar-refractivity contribution in [2.45, 2.75) is 19.1 Å². The summed E-state index contributed by atoms with van der Waals surface area (Å²) in [4.78, 5) is 11.8. The van der Waals surface area contributed by atoms with E-state index < -0.39 is 0 Å². The number of hydrogen-bond acceptors (Lipinski definition) is 4. The topological polar surface area (TPSA) is 55.1 Å². The van der Waals surface area contributed by atoms with Crippen molar-refractivity contribution in [1.82, 2.24) is 5.16 Å². The fourth-order valence-electron chi connectivity index (χ4n) is 1.57. The average Bonchev–Trinajstić information content (AvgIpc) is 2.85. The van der Waals surface area contributed by atoms with E-state index in [-0.39, 0.29) is 5.91 Å². The molecule has 2 rings (SSSR count). The Morgan fingerprint density at radius 3 is 2.75 bits per heavy atom. The highest BCUT2D eigenvalue weighted by atomic mass is 35.5. The summed E-state index contributed by atoms with van der Waals surface area (Å²) in [6.07, 6.45) is 1.58. The third-order valence-corrected chi connectivity index (χ3v) is 3.87. The van der Waals surface area contributed by atoms with Crippen LogP contribution in [-0.4, -0.2) is 22.1 Å². The van der Waals surface area contributed by atoms with Crippen LogP contribution in [0.4, 0.5) is 5.88 Å². The Bertz CT molecular complexity index is 581. The smallest absolute Gasteiger partial charge is 0.239 e. The first-order chi connectivity index (χ1) is 9.56. The second-order valence-electron chi connectivity index (χ2n) is 4.48. The van der Waals surface area contributed by atoms with Crippen LogP contribution in [0.2, 0.25) is 5.02 Å². The van der Waals surface area contributed by atoms with Gasteiger partial charge in [-0.05, 0) is 22.9 Å². The number of halogens is 1. The molecule has 1 aromatic heterocycles. The third kappa shape index (κ3) is 4.02. The molecule has 0 fully saturated rings. The van der Waals surface area contributed by atoms with E-state index >= 15 is 0 Å². The van der Waals surface area contributed by atoms with Crippen LogP contribution in [0.5, 0.6) is 0 Å². The van der Waals surface area contributed by atoms with Gasteiger partial charge < -0.3 is 4.52 Å². The lowest BCUT2D eigenvalue weighted by molar-refractivity contribution is -0.113. The maximum absolute atomic E-state index is 11.8. The zero-order chi connectivity index (χ0) is 14.5. The predicted octanol–water partition coefficient (Wildman–Crippen LogP) is 4.08. The van der Waals surface area contributed by atoms with E-state index in [9.17, 15) is 4.79 Å². The Labute approximate surface area is 126 Å². The van der Waals surface area contributed by atoms with Gasteiger partial charge in [-0.2, -0.15) is 0 Å². The summed E-state index contributed by atoms with van der Waals surface area (Å²) in [6, 6.07) is 7.27. The minimum Gasteiger partial charge on any atom is -0.338 e. The van der Waals surface area contributed by atoms with Crippen molar-refractivity contribution >= 4 is 35.2 Å². The number of nitrogens with zero attached hydrogens (tertiary/aromatic N) is 1. The number of anilines is 1. The van der Waals surface area contributed by atoms with Gasteiger partial charge in [-0.25, -0.2) is 0 Å². The van der Waals surface area contributed by atoms with E-state index in [1.807, 2.05) is 26.0 Å². The molecule has 1 N–H and O–H groups in total. The van der Waals surface area contributed by atoms with E-state index in [2.05, 4.69) is 10.5 Å². The quantitative estimate of drug-likeness (QED) is 0.904. The first-order valence-electron chi connectivity index (χ1n) is 6.18. The molecule has 106 valence electrons. The Morgan fingerprint density at radius 1 is 1.40 bits per heavy atom. The van der Waals surface area contributed by atoms with Crippen LogP contribution in [0, 0.1) is 0 Å². The molecule has 0 saturated heterocycles. The van der Waals surface area contributed by atoms with Crippen molar-refractivity contribution in [2.24, 2.45) is 0 Å². The third-order valence-electron chi connectivity index (χ3n) is 2.53. The highest BCUT2D eigenvalue weighted by Gasteiger charge is 2.13. The minimum atomic E-state index is -0.101. The molecule has 6 heteroatoms. The van der Waals surface area contributed by atoms with E-state index in [0.29, 0.717) is 21.9 Å². The lowest BCUT2D eigenvalue weighted by Gasteiger charge is -2.06. The van der Waals surface area contributed by atoms with Crippen molar-refractivity contribution < 1.29 is 9.32 Å². The molecule has 0 saturated carbocycles. The van der Waals surface area contributed by atoms with Gasteiger partial charge in [0, 0.05) is 5.02 Å². The molecule has 0 spiro atoms. The van der Waals surface area contributed by atoms with E-state index in [1.54, 1.807) is 30.1 Å². The molecule has 2 aromatic rings. The van der Waals surface area contributed by atoms with Crippen molar-refractivity contribution in [3.63, 3.8) is 0 Å². The average molecular weight is 311 g/mol. The van der Waals surface area contributed by atoms with Gasteiger partial charge in [0.1, 0.15) is 0 Å². The van der Waals surface area contributed by atoms with Crippen LogP contribution in [0.15, 0.2) is 35.0 Å². The number of nitrogens with one attached hydrogen (secondary N) is 1. The molecule has 0 aliphatic heterocycles. The number of thioether (sulfide) groups is 1. The zero-order valence-corrected chi connectivity index (χ0v) is 12.8. The Hall–Kier alpha value is -1.46. The Balaban J connectivity index is 2.09. The number of hydrogen-bond donors (Lipinski definition) is 1. The number of carbonyl (C=O) groups excluding carboxylic acids is 1. The lowest BCUT2D eigenvalue weighted by Crippen LogP contribution is -2.15. The fourth-order valence-corrected chi connectivity index (χ4v) is 2.25. The molecule has 20 heavy (non-hydrogen) atoms. The molecular formula is C14H15ClN2O2S. The standard InChI is InChI=1S/C14H15ClN2O2S/c1-9(2)20-8-13(18)17-14-12(7-16-19-14)10-3-5-11(15)6-4-10/h3-7,9H,8H2,1-2H3,(H,17,18). The van der Waals surface area contributed by atoms with Gasteiger partial charge in [-0.3, -0.25) is 10.1 Å². The van der Waals surface area contributed by atoms with Gasteiger partial charge in [-0.1, -0.05) is 42.7 Å². The van der Waals surface area contributed by atoms with Gasteiger partial charge in [0.05, 0.1) is 17.5 Å². The molecule has 1 heterocycles. The molecule has 1 aromatic carbocycles. The van der Waals surface area contributed by atoms with Crippen molar-refractivity contribution in [1.29, 1.82) is 0 Å². The summed E-state index contributed by atoms with van der Waals surface area (Å²) in [7, 11) is 0. The van der Waals surface area contributed by atoms with Gasteiger partial charge in [-0.15, -0.1) is 11.8 Å². The SMILES string of the molecule is CC(C)SCC(=O)Nc1oncc1-c1ccc(Cl)cc1. The summed E-state index contributed by atoms with van der Waals surface area (Å²) in [5.74, 6) is 0.649. The molecule has 0 aliphatic rings. The summed E-state index contributed by atoms with van der Waals surface area (Å²) in [6.45, 7) is 4.09. The van der Waals surface area contributed by atoms with E-state index in [1.165, 1.54) is 0 Å². The number of benzene rings is 1. The highest BCUT2D eigenvalue weighted by Crippen LogP contribution is 2.28. The Morgan fingerprint density at radius 2 is 2.10 bits per heavy atom. The van der Waals surface area contributed by atoms with Crippen LogP contribution in [-0.2, 0) is 4.79 Å². The second kappa shape index (κ2) is 6.81. The molecule has 0 bridgehead atoms. The van der Waals surface area contributed by atoms with Crippen LogP contribution in [0.1, 0.15) is 13.8 Å². The number of rotatable bonds is 5. The first kappa shape index (κ1) is 14.9. The van der Waals surface area contributed by atoms with Gasteiger partial charge >= 0.3 is 0 Å².